The topological polar surface area (TPSA) is 41.1 Å². The zero-order valence-corrected chi connectivity index (χ0v) is 9.89. The van der Waals surface area contributed by atoms with Crippen LogP contribution in [-0.4, -0.2) is 25.0 Å². The lowest BCUT2D eigenvalue weighted by molar-refractivity contribution is -0.121. The van der Waals surface area contributed by atoms with E-state index in [1.165, 1.54) is 12.8 Å². The van der Waals surface area contributed by atoms with Gasteiger partial charge in [0.15, 0.2) is 0 Å². The molecule has 0 aromatic carbocycles. The Bertz CT molecular complexity index is 159. The molecule has 0 spiro atoms. The first-order chi connectivity index (χ1) is 6.63. The van der Waals surface area contributed by atoms with E-state index in [2.05, 4.69) is 31.4 Å². The predicted molar refractivity (Wildman–Crippen MR) is 60.3 cm³/mol. The SMILES string of the molecule is CCCC(CC)NC(C)CC(=O)NC. The summed E-state index contributed by atoms with van der Waals surface area (Å²) < 4.78 is 0. The van der Waals surface area contributed by atoms with Gasteiger partial charge in [0.25, 0.3) is 0 Å². The molecule has 0 saturated heterocycles. The van der Waals surface area contributed by atoms with E-state index in [1.54, 1.807) is 7.05 Å². The summed E-state index contributed by atoms with van der Waals surface area (Å²) in [6.07, 6.45) is 4.08. The Morgan fingerprint density at radius 1 is 1.36 bits per heavy atom. The minimum absolute atomic E-state index is 0.108. The first-order valence-electron chi connectivity index (χ1n) is 5.60. The van der Waals surface area contributed by atoms with Gasteiger partial charge in [0, 0.05) is 25.6 Å². The molecule has 2 unspecified atom stereocenters. The molecule has 14 heavy (non-hydrogen) atoms. The van der Waals surface area contributed by atoms with Gasteiger partial charge in [-0.25, -0.2) is 0 Å². The smallest absolute Gasteiger partial charge is 0.221 e. The van der Waals surface area contributed by atoms with Crippen LogP contribution in [0, 0.1) is 0 Å². The Hall–Kier alpha value is -0.570. The quantitative estimate of drug-likeness (QED) is 0.656. The van der Waals surface area contributed by atoms with Crippen LogP contribution in [0.2, 0.25) is 0 Å². The van der Waals surface area contributed by atoms with Gasteiger partial charge in [0.2, 0.25) is 5.91 Å². The van der Waals surface area contributed by atoms with Gasteiger partial charge >= 0.3 is 0 Å². The third-order valence-electron chi connectivity index (χ3n) is 2.42. The molecule has 0 aromatic rings. The number of amides is 1. The van der Waals surface area contributed by atoms with Gasteiger partial charge in [-0.3, -0.25) is 4.79 Å². The minimum atomic E-state index is 0.108. The van der Waals surface area contributed by atoms with E-state index in [0.717, 1.165) is 6.42 Å². The van der Waals surface area contributed by atoms with Crippen molar-refractivity contribution in [3.8, 4) is 0 Å². The van der Waals surface area contributed by atoms with Gasteiger partial charge < -0.3 is 10.6 Å². The van der Waals surface area contributed by atoms with Crippen molar-refractivity contribution in [2.45, 2.75) is 58.5 Å². The third-order valence-corrected chi connectivity index (χ3v) is 2.42. The van der Waals surface area contributed by atoms with Crippen molar-refractivity contribution in [2.24, 2.45) is 0 Å². The molecule has 0 bridgehead atoms. The summed E-state index contributed by atoms with van der Waals surface area (Å²) in [6.45, 7) is 6.43. The molecule has 0 aliphatic carbocycles. The molecule has 84 valence electrons. The van der Waals surface area contributed by atoms with Crippen molar-refractivity contribution in [1.82, 2.24) is 10.6 Å². The molecule has 0 fully saturated rings. The summed E-state index contributed by atoms with van der Waals surface area (Å²) in [5, 5.41) is 6.11. The molecular formula is C11H24N2O. The first-order valence-corrected chi connectivity index (χ1v) is 5.60. The number of nitrogens with one attached hydrogen (secondary N) is 2. The molecule has 0 saturated carbocycles. The van der Waals surface area contributed by atoms with E-state index in [-0.39, 0.29) is 11.9 Å². The Labute approximate surface area is 87.6 Å². The van der Waals surface area contributed by atoms with E-state index < -0.39 is 0 Å². The monoisotopic (exact) mass is 200 g/mol. The maximum Gasteiger partial charge on any atom is 0.221 e. The van der Waals surface area contributed by atoms with Gasteiger partial charge in [-0.05, 0) is 19.8 Å². The summed E-state index contributed by atoms with van der Waals surface area (Å²) >= 11 is 0. The first kappa shape index (κ1) is 13.4. The Morgan fingerprint density at radius 3 is 2.43 bits per heavy atom. The number of hydrogen-bond acceptors (Lipinski definition) is 2. The summed E-state index contributed by atoms with van der Waals surface area (Å²) in [4.78, 5) is 11.1. The Morgan fingerprint density at radius 2 is 2.00 bits per heavy atom. The number of rotatable bonds is 7. The highest BCUT2D eigenvalue weighted by Gasteiger charge is 2.11. The molecule has 2 atom stereocenters. The van der Waals surface area contributed by atoms with Crippen molar-refractivity contribution < 1.29 is 4.79 Å². The van der Waals surface area contributed by atoms with Crippen molar-refractivity contribution in [3.05, 3.63) is 0 Å². The van der Waals surface area contributed by atoms with E-state index in [4.69, 9.17) is 0 Å². The normalized spacial score (nSPS) is 14.9. The minimum Gasteiger partial charge on any atom is -0.359 e. The van der Waals surface area contributed by atoms with Gasteiger partial charge in [-0.1, -0.05) is 20.3 Å². The largest absolute Gasteiger partial charge is 0.359 e. The van der Waals surface area contributed by atoms with Crippen molar-refractivity contribution in [2.75, 3.05) is 7.05 Å². The molecule has 0 aliphatic rings. The van der Waals surface area contributed by atoms with Crippen LogP contribution in [0.15, 0.2) is 0 Å². The fourth-order valence-corrected chi connectivity index (χ4v) is 1.60. The second-order valence-electron chi connectivity index (χ2n) is 3.84. The zero-order valence-electron chi connectivity index (χ0n) is 9.89. The summed E-state index contributed by atoms with van der Waals surface area (Å²) in [5.41, 5.74) is 0. The van der Waals surface area contributed by atoms with Crippen molar-refractivity contribution >= 4 is 5.91 Å². The molecule has 0 heterocycles. The summed E-state index contributed by atoms with van der Waals surface area (Å²) in [5.74, 6) is 0.108. The summed E-state index contributed by atoms with van der Waals surface area (Å²) in [6, 6.07) is 0.825. The van der Waals surface area contributed by atoms with E-state index >= 15 is 0 Å². The average molecular weight is 200 g/mol. The molecule has 0 aromatic heterocycles. The number of hydrogen-bond donors (Lipinski definition) is 2. The molecular weight excluding hydrogens is 176 g/mol. The third kappa shape index (κ3) is 5.97. The lowest BCUT2D eigenvalue weighted by atomic mass is 10.1. The highest BCUT2D eigenvalue weighted by molar-refractivity contribution is 5.76. The van der Waals surface area contributed by atoms with Crippen LogP contribution in [0.25, 0.3) is 0 Å². The van der Waals surface area contributed by atoms with Crippen molar-refractivity contribution in [1.29, 1.82) is 0 Å². The van der Waals surface area contributed by atoms with Gasteiger partial charge in [0.05, 0.1) is 0 Å². The molecule has 0 aliphatic heterocycles. The lowest BCUT2D eigenvalue weighted by Crippen LogP contribution is -2.39. The molecule has 0 radical (unpaired) electrons. The van der Waals surface area contributed by atoms with Crippen molar-refractivity contribution in [3.63, 3.8) is 0 Å². The van der Waals surface area contributed by atoms with Gasteiger partial charge in [-0.2, -0.15) is 0 Å². The number of carbonyl (C=O) groups excluding carboxylic acids is 1. The predicted octanol–water partition coefficient (Wildman–Crippen LogP) is 1.68. The second-order valence-corrected chi connectivity index (χ2v) is 3.84. The molecule has 1 amide bonds. The highest BCUT2D eigenvalue weighted by Crippen LogP contribution is 2.03. The highest BCUT2D eigenvalue weighted by atomic mass is 16.1. The average Bonchev–Trinajstić information content (AvgIpc) is 2.16. The van der Waals surface area contributed by atoms with Crippen LogP contribution in [-0.2, 0) is 4.79 Å². The number of carbonyl (C=O) groups is 1. The van der Waals surface area contributed by atoms with Crippen LogP contribution in [0.3, 0.4) is 0 Å². The van der Waals surface area contributed by atoms with Crippen LogP contribution in [0.4, 0.5) is 0 Å². The Kier molecular flexibility index (Phi) is 7.48. The molecule has 3 heteroatoms. The molecule has 0 rings (SSSR count). The maximum atomic E-state index is 11.1. The molecule has 2 N–H and O–H groups in total. The zero-order chi connectivity index (χ0) is 11.0. The fourth-order valence-electron chi connectivity index (χ4n) is 1.60. The fraction of sp³-hybridized carbons (Fsp3) is 0.909. The maximum absolute atomic E-state index is 11.1. The van der Waals surface area contributed by atoms with Crippen LogP contribution >= 0.6 is 0 Å². The van der Waals surface area contributed by atoms with Gasteiger partial charge in [-0.15, -0.1) is 0 Å². The molecule has 3 nitrogen and oxygen atoms in total. The lowest BCUT2D eigenvalue weighted by Gasteiger charge is -2.21. The Balaban J connectivity index is 3.77. The van der Waals surface area contributed by atoms with E-state index in [0.29, 0.717) is 12.5 Å². The van der Waals surface area contributed by atoms with Crippen LogP contribution in [0.5, 0.6) is 0 Å². The van der Waals surface area contributed by atoms with Crippen LogP contribution in [0.1, 0.15) is 46.5 Å². The van der Waals surface area contributed by atoms with E-state index in [9.17, 15) is 4.79 Å². The van der Waals surface area contributed by atoms with Gasteiger partial charge in [0.1, 0.15) is 0 Å². The van der Waals surface area contributed by atoms with E-state index in [1.807, 2.05) is 0 Å². The second kappa shape index (κ2) is 7.80. The summed E-state index contributed by atoms with van der Waals surface area (Å²) in [7, 11) is 1.68. The standard InChI is InChI=1S/C11H24N2O/c1-5-7-10(6-2)13-9(3)8-11(14)12-4/h9-10,13H,5-8H2,1-4H3,(H,12,14). The van der Waals surface area contributed by atoms with Crippen LogP contribution < -0.4 is 10.6 Å².